The summed E-state index contributed by atoms with van der Waals surface area (Å²) in [6.45, 7) is 0.518. The number of benzene rings is 3. The van der Waals surface area contributed by atoms with Crippen molar-refractivity contribution in [3.05, 3.63) is 104 Å². The molecule has 3 aromatic rings. The molecule has 0 saturated carbocycles. The first-order valence-corrected chi connectivity index (χ1v) is 11.0. The number of ether oxygens (including phenoxy) is 2. The Balaban J connectivity index is 1.52. The van der Waals surface area contributed by atoms with Crippen molar-refractivity contribution >= 4 is 49.8 Å². The van der Waals surface area contributed by atoms with E-state index in [0.717, 1.165) is 15.4 Å². The minimum Gasteiger partial charge on any atom is -0.491 e. The van der Waals surface area contributed by atoms with Gasteiger partial charge < -0.3 is 9.47 Å². The molecule has 1 heterocycles. The van der Waals surface area contributed by atoms with Crippen LogP contribution < -0.4 is 4.74 Å². The predicted octanol–water partition coefficient (Wildman–Crippen LogP) is 6.32. The Kier molecular flexibility index (Phi) is 6.63. The zero-order valence-electron chi connectivity index (χ0n) is 16.1. The topological polar surface area (TPSA) is 47.9 Å². The quantitative estimate of drug-likeness (QED) is 0.269. The Bertz CT molecular complexity index is 1170. The number of carbonyl (C=O) groups is 1. The van der Waals surface area contributed by atoms with Crippen LogP contribution in [-0.4, -0.2) is 18.5 Å². The van der Waals surface area contributed by atoms with E-state index < -0.39 is 11.8 Å². The highest BCUT2D eigenvalue weighted by Crippen LogP contribution is 2.36. The third-order valence-electron chi connectivity index (χ3n) is 4.53. The average molecular weight is 545 g/mol. The summed E-state index contributed by atoms with van der Waals surface area (Å²) in [5.74, 6) is -0.512. The van der Waals surface area contributed by atoms with Crippen molar-refractivity contribution in [1.29, 1.82) is 0 Å². The van der Waals surface area contributed by atoms with E-state index >= 15 is 0 Å². The zero-order valence-corrected chi connectivity index (χ0v) is 19.3. The number of cyclic esters (lactones) is 1. The molecule has 4 nitrogen and oxygen atoms in total. The van der Waals surface area contributed by atoms with Crippen LogP contribution in [0.4, 0.5) is 4.39 Å². The number of hydrogen-bond acceptors (Lipinski definition) is 4. The Morgan fingerprint density at radius 3 is 2.39 bits per heavy atom. The van der Waals surface area contributed by atoms with Crippen LogP contribution in [0.1, 0.15) is 16.7 Å². The van der Waals surface area contributed by atoms with Gasteiger partial charge in [0.25, 0.3) is 0 Å². The Labute approximate surface area is 195 Å². The maximum absolute atomic E-state index is 14.0. The SMILES string of the molecule is O=C1OC(c2ccccc2F)=N/C1=C\c1cc(Br)c(OCCc2ccccc2)c(Br)c1. The van der Waals surface area contributed by atoms with Crippen LogP contribution in [0.3, 0.4) is 0 Å². The molecule has 0 unspecified atom stereocenters. The molecule has 3 aromatic carbocycles. The molecule has 1 aliphatic heterocycles. The predicted molar refractivity (Wildman–Crippen MR) is 124 cm³/mol. The van der Waals surface area contributed by atoms with Crippen molar-refractivity contribution in [2.75, 3.05) is 6.61 Å². The Morgan fingerprint density at radius 1 is 1.00 bits per heavy atom. The molecule has 0 radical (unpaired) electrons. The lowest BCUT2D eigenvalue weighted by atomic mass is 10.1. The van der Waals surface area contributed by atoms with E-state index in [1.54, 1.807) is 18.2 Å². The maximum Gasteiger partial charge on any atom is 0.363 e. The lowest BCUT2D eigenvalue weighted by Gasteiger charge is -2.11. The monoisotopic (exact) mass is 543 g/mol. The van der Waals surface area contributed by atoms with E-state index in [-0.39, 0.29) is 17.2 Å². The number of aliphatic imine (C=N–C) groups is 1. The molecular formula is C24H16Br2FNO3. The van der Waals surface area contributed by atoms with Gasteiger partial charge in [-0.25, -0.2) is 14.2 Å². The summed E-state index contributed by atoms with van der Waals surface area (Å²) in [5, 5.41) is 0. The molecule has 4 rings (SSSR count). The van der Waals surface area contributed by atoms with E-state index in [4.69, 9.17) is 9.47 Å². The van der Waals surface area contributed by atoms with Crippen LogP contribution >= 0.6 is 31.9 Å². The molecule has 31 heavy (non-hydrogen) atoms. The lowest BCUT2D eigenvalue weighted by Crippen LogP contribution is -2.07. The van der Waals surface area contributed by atoms with Gasteiger partial charge in [0.05, 0.1) is 21.1 Å². The van der Waals surface area contributed by atoms with E-state index in [1.807, 2.05) is 30.3 Å². The molecule has 0 N–H and O–H groups in total. The summed E-state index contributed by atoms with van der Waals surface area (Å²) in [6, 6.07) is 19.7. The summed E-state index contributed by atoms with van der Waals surface area (Å²) in [5.41, 5.74) is 2.14. The Morgan fingerprint density at radius 2 is 1.68 bits per heavy atom. The highest BCUT2D eigenvalue weighted by molar-refractivity contribution is 9.11. The van der Waals surface area contributed by atoms with Gasteiger partial charge in [-0.1, -0.05) is 42.5 Å². The van der Waals surface area contributed by atoms with Crippen LogP contribution in [0.15, 0.2) is 86.4 Å². The number of carbonyl (C=O) groups excluding carboxylic acids is 1. The second-order valence-corrected chi connectivity index (χ2v) is 8.42. The van der Waals surface area contributed by atoms with Gasteiger partial charge >= 0.3 is 5.97 Å². The summed E-state index contributed by atoms with van der Waals surface area (Å²) in [6.07, 6.45) is 2.37. The van der Waals surface area contributed by atoms with Crippen LogP contribution in [0, 0.1) is 5.82 Å². The van der Waals surface area contributed by atoms with Gasteiger partial charge in [-0.3, -0.25) is 0 Å². The summed E-state index contributed by atoms with van der Waals surface area (Å²) < 4.78 is 26.5. The van der Waals surface area contributed by atoms with E-state index in [1.165, 1.54) is 17.7 Å². The third-order valence-corrected chi connectivity index (χ3v) is 5.71. The molecule has 0 fully saturated rings. The molecule has 0 aliphatic carbocycles. The van der Waals surface area contributed by atoms with Gasteiger partial charge in [0.1, 0.15) is 11.6 Å². The first kappa shape index (κ1) is 21.5. The van der Waals surface area contributed by atoms with Crippen molar-refractivity contribution in [1.82, 2.24) is 0 Å². The number of rotatable bonds is 6. The number of nitrogens with zero attached hydrogens (tertiary/aromatic N) is 1. The van der Waals surface area contributed by atoms with E-state index in [0.29, 0.717) is 17.9 Å². The van der Waals surface area contributed by atoms with Crippen LogP contribution in [0.5, 0.6) is 5.75 Å². The molecular weight excluding hydrogens is 529 g/mol. The van der Waals surface area contributed by atoms with Gasteiger partial charge in [-0.05, 0) is 73.3 Å². The first-order valence-electron chi connectivity index (χ1n) is 9.44. The van der Waals surface area contributed by atoms with Crippen molar-refractivity contribution in [3.63, 3.8) is 0 Å². The average Bonchev–Trinajstić information content (AvgIpc) is 3.11. The van der Waals surface area contributed by atoms with Crippen molar-refractivity contribution in [2.45, 2.75) is 6.42 Å². The minimum absolute atomic E-state index is 0.0478. The van der Waals surface area contributed by atoms with Crippen molar-refractivity contribution < 1.29 is 18.7 Å². The molecule has 156 valence electrons. The van der Waals surface area contributed by atoms with Crippen molar-refractivity contribution in [3.8, 4) is 5.75 Å². The van der Waals surface area contributed by atoms with E-state index in [9.17, 15) is 9.18 Å². The normalized spacial score (nSPS) is 14.5. The molecule has 0 amide bonds. The molecule has 1 aliphatic rings. The smallest absolute Gasteiger partial charge is 0.363 e. The second-order valence-electron chi connectivity index (χ2n) is 6.71. The summed E-state index contributed by atoms with van der Waals surface area (Å²) >= 11 is 7.04. The first-order chi connectivity index (χ1) is 15.0. The van der Waals surface area contributed by atoms with Gasteiger partial charge in [-0.15, -0.1) is 0 Å². The Hall–Kier alpha value is -2.77. The second kappa shape index (κ2) is 9.58. The highest BCUT2D eigenvalue weighted by atomic mass is 79.9. The maximum atomic E-state index is 14.0. The molecule has 7 heteroatoms. The van der Waals surface area contributed by atoms with Gasteiger partial charge in [0, 0.05) is 6.42 Å². The van der Waals surface area contributed by atoms with Gasteiger partial charge in [0.2, 0.25) is 5.90 Å². The molecule has 0 saturated heterocycles. The number of halogens is 3. The van der Waals surface area contributed by atoms with E-state index in [2.05, 4.69) is 49.0 Å². The van der Waals surface area contributed by atoms with Crippen LogP contribution in [0.2, 0.25) is 0 Å². The zero-order chi connectivity index (χ0) is 21.8. The van der Waals surface area contributed by atoms with Gasteiger partial charge in [-0.2, -0.15) is 0 Å². The molecule has 0 aromatic heterocycles. The summed E-state index contributed by atoms with van der Waals surface area (Å²) in [7, 11) is 0. The molecule has 0 spiro atoms. The fourth-order valence-electron chi connectivity index (χ4n) is 3.03. The summed E-state index contributed by atoms with van der Waals surface area (Å²) in [4.78, 5) is 16.4. The van der Waals surface area contributed by atoms with Crippen LogP contribution in [-0.2, 0) is 16.0 Å². The standard InChI is InChI=1S/C24H16Br2FNO3/c25-18-12-16(13-19(26)22(18)30-11-10-15-6-2-1-3-7-15)14-21-24(29)31-23(28-21)17-8-4-5-9-20(17)27/h1-9,12-14H,10-11H2/b21-14-. The number of hydrogen-bond donors (Lipinski definition) is 0. The lowest BCUT2D eigenvalue weighted by molar-refractivity contribution is -0.129. The van der Waals surface area contributed by atoms with Crippen LogP contribution in [0.25, 0.3) is 6.08 Å². The third kappa shape index (κ3) is 5.11. The van der Waals surface area contributed by atoms with Gasteiger partial charge in [0.15, 0.2) is 5.70 Å². The molecule has 0 atom stereocenters. The number of esters is 1. The highest BCUT2D eigenvalue weighted by Gasteiger charge is 2.26. The fraction of sp³-hybridized carbons (Fsp3) is 0.0833. The van der Waals surface area contributed by atoms with Crippen molar-refractivity contribution in [2.24, 2.45) is 4.99 Å². The largest absolute Gasteiger partial charge is 0.491 e. The molecule has 0 bridgehead atoms. The minimum atomic E-state index is -0.631. The fourth-order valence-corrected chi connectivity index (χ4v) is 4.48.